The Balaban J connectivity index is 2.40. The van der Waals surface area contributed by atoms with Crippen molar-refractivity contribution < 1.29 is 0 Å². The summed E-state index contributed by atoms with van der Waals surface area (Å²) in [6.07, 6.45) is 5.12. The zero-order chi connectivity index (χ0) is 14.7. The van der Waals surface area contributed by atoms with Crippen molar-refractivity contribution in [2.24, 2.45) is 11.7 Å². The Morgan fingerprint density at radius 1 is 1.40 bits per heavy atom. The average molecular weight is 291 g/mol. The maximum Gasteiger partial charge on any atom is 0.139 e. The number of anilines is 1. The van der Waals surface area contributed by atoms with Crippen LogP contribution in [0.25, 0.3) is 0 Å². The Morgan fingerprint density at radius 3 is 2.60 bits per heavy atom. The molecule has 1 heterocycles. The molecule has 1 aliphatic carbocycles. The van der Waals surface area contributed by atoms with Crippen LogP contribution in [-0.4, -0.2) is 22.6 Å². The van der Waals surface area contributed by atoms with E-state index in [0.29, 0.717) is 16.9 Å². The first kappa shape index (κ1) is 15.2. The number of hydrogen-bond acceptors (Lipinski definition) is 3. The van der Waals surface area contributed by atoms with Crippen LogP contribution in [0, 0.1) is 12.8 Å². The molecule has 0 saturated heterocycles. The lowest BCUT2D eigenvalue weighted by molar-refractivity contribution is 0.530. The number of rotatable bonds is 5. The van der Waals surface area contributed by atoms with E-state index in [9.17, 15) is 0 Å². The molecule has 2 rings (SSSR count). The van der Waals surface area contributed by atoms with Crippen LogP contribution in [0.4, 0.5) is 5.82 Å². The van der Waals surface area contributed by atoms with Crippen LogP contribution in [-0.2, 0) is 0 Å². The fraction of sp³-hybridized carbons (Fsp3) is 0.625. The predicted octanol–water partition coefficient (Wildman–Crippen LogP) is 3.43. The van der Waals surface area contributed by atoms with E-state index in [1.54, 1.807) is 0 Å². The van der Waals surface area contributed by atoms with Gasteiger partial charge in [-0.3, -0.25) is 0 Å². The van der Waals surface area contributed by atoms with Gasteiger partial charge >= 0.3 is 0 Å². The SMILES string of the molecule is Cc1ccc(C(N)=S)c(N(CC(C)C)C2CCCC2)n1. The highest BCUT2D eigenvalue weighted by Crippen LogP contribution is 2.30. The minimum absolute atomic E-state index is 0.444. The molecule has 1 aliphatic rings. The molecule has 1 aromatic heterocycles. The third kappa shape index (κ3) is 3.48. The molecular formula is C16H25N3S. The normalized spacial score (nSPS) is 15.8. The first-order valence-electron chi connectivity index (χ1n) is 7.53. The van der Waals surface area contributed by atoms with E-state index in [4.69, 9.17) is 22.9 Å². The second-order valence-electron chi connectivity index (χ2n) is 6.17. The zero-order valence-electron chi connectivity index (χ0n) is 12.7. The van der Waals surface area contributed by atoms with Gasteiger partial charge in [0.05, 0.1) is 5.56 Å². The summed E-state index contributed by atoms with van der Waals surface area (Å²) in [5.41, 5.74) is 7.83. The molecule has 0 amide bonds. The molecule has 0 aliphatic heterocycles. The van der Waals surface area contributed by atoms with Crippen molar-refractivity contribution in [3.63, 3.8) is 0 Å². The van der Waals surface area contributed by atoms with Crippen LogP contribution in [0.3, 0.4) is 0 Å². The van der Waals surface area contributed by atoms with Crippen LogP contribution < -0.4 is 10.6 Å². The number of thiocarbonyl (C=S) groups is 1. The van der Waals surface area contributed by atoms with Gasteiger partial charge in [0.25, 0.3) is 0 Å². The summed E-state index contributed by atoms with van der Waals surface area (Å²) in [6, 6.07) is 4.59. The highest BCUT2D eigenvalue weighted by molar-refractivity contribution is 7.80. The molecule has 2 N–H and O–H groups in total. The van der Waals surface area contributed by atoms with Crippen molar-refractivity contribution in [2.75, 3.05) is 11.4 Å². The van der Waals surface area contributed by atoms with Gasteiger partial charge in [0, 0.05) is 18.3 Å². The standard InChI is InChI=1S/C16H25N3S/c1-11(2)10-19(13-6-4-5-7-13)16-14(15(17)20)9-8-12(3)18-16/h8-9,11,13H,4-7,10H2,1-3H3,(H2,17,20). The Kier molecular flexibility index (Phi) is 4.97. The van der Waals surface area contributed by atoms with Gasteiger partial charge in [-0.15, -0.1) is 0 Å². The van der Waals surface area contributed by atoms with Crippen molar-refractivity contribution >= 4 is 23.0 Å². The summed E-state index contributed by atoms with van der Waals surface area (Å²) in [5.74, 6) is 1.58. The minimum atomic E-state index is 0.444. The molecule has 0 aromatic carbocycles. The maximum absolute atomic E-state index is 5.90. The number of pyridine rings is 1. The summed E-state index contributed by atoms with van der Waals surface area (Å²) in [7, 11) is 0. The van der Waals surface area contributed by atoms with E-state index in [-0.39, 0.29) is 0 Å². The van der Waals surface area contributed by atoms with Gasteiger partial charge in [-0.2, -0.15) is 0 Å². The first-order chi connectivity index (χ1) is 9.49. The summed E-state index contributed by atoms with van der Waals surface area (Å²) in [4.78, 5) is 7.64. The summed E-state index contributed by atoms with van der Waals surface area (Å²) in [5, 5.41) is 0. The fourth-order valence-electron chi connectivity index (χ4n) is 2.97. The van der Waals surface area contributed by atoms with Gasteiger partial charge in [-0.25, -0.2) is 4.98 Å². The summed E-state index contributed by atoms with van der Waals surface area (Å²) < 4.78 is 0. The number of aromatic nitrogens is 1. The van der Waals surface area contributed by atoms with Crippen LogP contribution in [0.2, 0.25) is 0 Å². The molecule has 0 spiro atoms. The van der Waals surface area contributed by atoms with Gasteiger partial charge in [0.1, 0.15) is 10.8 Å². The lowest BCUT2D eigenvalue weighted by Gasteiger charge is -2.33. The van der Waals surface area contributed by atoms with Crippen molar-refractivity contribution in [1.82, 2.24) is 4.98 Å². The average Bonchev–Trinajstić information content (AvgIpc) is 2.88. The van der Waals surface area contributed by atoms with Crippen molar-refractivity contribution in [2.45, 2.75) is 52.5 Å². The molecule has 1 fully saturated rings. The van der Waals surface area contributed by atoms with E-state index in [1.807, 2.05) is 19.1 Å². The molecule has 0 bridgehead atoms. The van der Waals surface area contributed by atoms with Crippen molar-refractivity contribution in [3.8, 4) is 0 Å². The molecule has 0 unspecified atom stereocenters. The highest BCUT2D eigenvalue weighted by Gasteiger charge is 2.26. The topological polar surface area (TPSA) is 42.1 Å². The molecule has 1 aromatic rings. The molecule has 20 heavy (non-hydrogen) atoms. The van der Waals surface area contributed by atoms with E-state index < -0.39 is 0 Å². The lowest BCUT2D eigenvalue weighted by atomic mass is 10.1. The van der Waals surface area contributed by atoms with E-state index in [0.717, 1.165) is 23.6 Å². The van der Waals surface area contributed by atoms with Crippen LogP contribution in [0.1, 0.15) is 50.8 Å². The molecule has 1 saturated carbocycles. The van der Waals surface area contributed by atoms with Crippen LogP contribution in [0.15, 0.2) is 12.1 Å². The van der Waals surface area contributed by atoms with Gasteiger partial charge in [-0.1, -0.05) is 38.9 Å². The van der Waals surface area contributed by atoms with Crippen molar-refractivity contribution in [3.05, 3.63) is 23.4 Å². The molecule has 110 valence electrons. The summed E-state index contributed by atoms with van der Waals surface area (Å²) in [6.45, 7) is 7.53. The van der Waals surface area contributed by atoms with Gasteiger partial charge in [-0.05, 0) is 37.8 Å². The van der Waals surface area contributed by atoms with Gasteiger partial charge < -0.3 is 10.6 Å². The Hall–Kier alpha value is -1.16. The van der Waals surface area contributed by atoms with Crippen LogP contribution >= 0.6 is 12.2 Å². The lowest BCUT2D eigenvalue weighted by Crippen LogP contribution is -2.38. The smallest absolute Gasteiger partial charge is 0.139 e. The first-order valence-corrected chi connectivity index (χ1v) is 7.94. The van der Waals surface area contributed by atoms with Crippen LogP contribution in [0.5, 0.6) is 0 Å². The zero-order valence-corrected chi connectivity index (χ0v) is 13.5. The molecular weight excluding hydrogens is 266 g/mol. The van der Waals surface area contributed by atoms with E-state index in [1.165, 1.54) is 25.7 Å². The predicted molar refractivity (Wildman–Crippen MR) is 89.3 cm³/mol. The van der Waals surface area contributed by atoms with E-state index >= 15 is 0 Å². The number of nitrogens with zero attached hydrogens (tertiary/aromatic N) is 2. The second kappa shape index (κ2) is 6.53. The third-order valence-electron chi connectivity index (χ3n) is 3.88. The number of nitrogens with two attached hydrogens (primary N) is 1. The molecule has 0 atom stereocenters. The highest BCUT2D eigenvalue weighted by atomic mass is 32.1. The Bertz CT molecular complexity index is 479. The maximum atomic E-state index is 5.90. The van der Waals surface area contributed by atoms with Crippen molar-refractivity contribution in [1.29, 1.82) is 0 Å². The summed E-state index contributed by atoms with van der Waals surface area (Å²) >= 11 is 5.21. The molecule has 4 heteroatoms. The Labute approximate surface area is 127 Å². The largest absolute Gasteiger partial charge is 0.389 e. The molecule has 0 radical (unpaired) electrons. The molecule has 3 nitrogen and oxygen atoms in total. The van der Waals surface area contributed by atoms with Gasteiger partial charge in [0.15, 0.2) is 0 Å². The Morgan fingerprint density at radius 2 is 2.05 bits per heavy atom. The van der Waals surface area contributed by atoms with E-state index in [2.05, 4.69) is 18.7 Å². The quantitative estimate of drug-likeness (QED) is 0.844. The second-order valence-corrected chi connectivity index (χ2v) is 6.61. The fourth-order valence-corrected chi connectivity index (χ4v) is 3.13. The third-order valence-corrected chi connectivity index (χ3v) is 4.10. The van der Waals surface area contributed by atoms with Gasteiger partial charge in [0.2, 0.25) is 0 Å². The number of hydrogen-bond donors (Lipinski definition) is 1. The minimum Gasteiger partial charge on any atom is -0.389 e. The monoisotopic (exact) mass is 291 g/mol. The number of aryl methyl sites for hydroxylation is 1.